The number of benzene rings is 2. The third kappa shape index (κ3) is 7.06. The zero-order valence-corrected chi connectivity index (χ0v) is 23.9. The topological polar surface area (TPSA) is 87.5 Å². The van der Waals surface area contributed by atoms with Gasteiger partial charge in [-0.2, -0.15) is 0 Å². The highest BCUT2D eigenvalue weighted by Crippen LogP contribution is 2.27. The van der Waals surface area contributed by atoms with Gasteiger partial charge in [-0.3, -0.25) is 9.59 Å². The minimum absolute atomic E-state index is 0.0680. The van der Waals surface area contributed by atoms with E-state index in [1.165, 1.54) is 5.56 Å². The third-order valence-electron chi connectivity index (χ3n) is 8.33. The quantitative estimate of drug-likeness (QED) is 0.387. The molecule has 5 rings (SSSR count). The molecule has 0 aliphatic carbocycles. The summed E-state index contributed by atoms with van der Waals surface area (Å²) >= 11 is 6.30. The Balaban J connectivity index is 1.13. The molecule has 0 unspecified atom stereocenters. The lowest BCUT2D eigenvalue weighted by Gasteiger charge is -2.35. The number of hydrogen-bond donors (Lipinski definition) is 0. The monoisotopic (exact) mass is 563 g/mol. The molecule has 1 aromatic heterocycles. The summed E-state index contributed by atoms with van der Waals surface area (Å²) in [6.45, 7) is 6.62. The molecular weight excluding hydrogens is 526 g/mol. The van der Waals surface area contributed by atoms with Crippen LogP contribution in [0.3, 0.4) is 0 Å². The Bertz CT molecular complexity index is 1270. The van der Waals surface area contributed by atoms with Gasteiger partial charge in [0.25, 0.3) is 0 Å². The molecule has 3 heterocycles. The molecule has 0 radical (unpaired) electrons. The maximum atomic E-state index is 13.6. The second kappa shape index (κ2) is 13.4. The Morgan fingerprint density at radius 3 is 2.48 bits per heavy atom. The molecule has 9 nitrogen and oxygen atoms in total. The van der Waals surface area contributed by atoms with E-state index in [2.05, 4.69) is 38.6 Å². The van der Waals surface area contributed by atoms with Crippen LogP contribution >= 0.6 is 11.6 Å². The SMILES string of the molecule is CC(=O)N1CCC(C(=O)N(CCCN2CCC(Cc3ccccc3-n3cnnn3)CC2)c2cccc(Cl)c2)CC1. The zero-order valence-electron chi connectivity index (χ0n) is 23.2. The summed E-state index contributed by atoms with van der Waals surface area (Å²) < 4.78 is 1.74. The van der Waals surface area contributed by atoms with Crippen LogP contribution in [-0.2, 0) is 16.0 Å². The van der Waals surface area contributed by atoms with Crippen molar-refractivity contribution in [1.82, 2.24) is 30.0 Å². The van der Waals surface area contributed by atoms with Gasteiger partial charge in [-0.15, -0.1) is 5.10 Å². The van der Waals surface area contributed by atoms with Crippen molar-refractivity contribution in [1.29, 1.82) is 0 Å². The molecule has 2 aromatic carbocycles. The molecule has 0 bridgehead atoms. The van der Waals surface area contributed by atoms with Gasteiger partial charge in [-0.05, 0) is 104 Å². The van der Waals surface area contributed by atoms with E-state index >= 15 is 0 Å². The summed E-state index contributed by atoms with van der Waals surface area (Å²) in [5, 5.41) is 12.3. The lowest BCUT2D eigenvalue weighted by Crippen LogP contribution is -2.45. The average Bonchev–Trinajstić information content (AvgIpc) is 3.51. The number of hydrogen-bond acceptors (Lipinski definition) is 6. The van der Waals surface area contributed by atoms with Crippen LogP contribution in [0, 0.1) is 11.8 Å². The number of anilines is 1. The number of nitrogens with zero attached hydrogens (tertiary/aromatic N) is 7. The molecule has 2 aliphatic rings. The number of aromatic nitrogens is 4. The summed E-state index contributed by atoms with van der Waals surface area (Å²) in [5.74, 6) is 0.782. The minimum Gasteiger partial charge on any atom is -0.343 e. The van der Waals surface area contributed by atoms with Crippen LogP contribution in [0.1, 0.15) is 44.6 Å². The number of tetrazole rings is 1. The molecule has 2 fully saturated rings. The summed E-state index contributed by atoms with van der Waals surface area (Å²) in [5.41, 5.74) is 3.18. The summed E-state index contributed by atoms with van der Waals surface area (Å²) in [7, 11) is 0. The lowest BCUT2D eigenvalue weighted by atomic mass is 9.89. The zero-order chi connectivity index (χ0) is 27.9. The van der Waals surface area contributed by atoms with Gasteiger partial charge >= 0.3 is 0 Å². The molecule has 10 heteroatoms. The van der Waals surface area contributed by atoms with E-state index < -0.39 is 0 Å². The fraction of sp³-hybridized carbons (Fsp3) is 0.500. The first kappa shape index (κ1) is 28.2. The number of likely N-dealkylation sites (tertiary alicyclic amines) is 2. The molecule has 0 atom stereocenters. The molecular formula is C30H38ClN7O2. The number of carbonyl (C=O) groups excluding carboxylic acids is 2. The molecule has 2 aliphatic heterocycles. The van der Waals surface area contributed by atoms with Crippen molar-refractivity contribution in [2.75, 3.05) is 44.2 Å². The van der Waals surface area contributed by atoms with Crippen LogP contribution in [0.4, 0.5) is 5.69 Å². The smallest absolute Gasteiger partial charge is 0.230 e. The van der Waals surface area contributed by atoms with Gasteiger partial charge in [0.2, 0.25) is 11.8 Å². The molecule has 212 valence electrons. The Morgan fingerprint density at radius 1 is 1.00 bits per heavy atom. The van der Waals surface area contributed by atoms with Crippen molar-refractivity contribution in [2.45, 2.75) is 45.4 Å². The fourth-order valence-electron chi connectivity index (χ4n) is 6.03. The number of piperidine rings is 2. The van der Waals surface area contributed by atoms with E-state index in [-0.39, 0.29) is 17.7 Å². The average molecular weight is 564 g/mol. The predicted molar refractivity (Wildman–Crippen MR) is 155 cm³/mol. The Kier molecular flexibility index (Phi) is 9.44. The van der Waals surface area contributed by atoms with Crippen molar-refractivity contribution in [2.24, 2.45) is 11.8 Å². The van der Waals surface area contributed by atoms with Crippen molar-refractivity contribution >= 4 is 29.1 Å². The highest BCUT2D eigenvalue weighted by atomic mass is 35.5. The van der Waals surface area contributed by atoms with Crippen molar-refractivity contribution in [3.05, 3.63) is 65.4 Å². The Labute approximate surface area is 241 Å². The molecule has 0 N–H and O–H groups in total. The van der Waals surface area contributed by atoms with E-state index in [1.54, 1.807) is 17.9 Å². The normalized spacial score (nSPS) is 17.2. The number of carbonyl (C=O) groups is 2. The predicted octanol–water partition coefficient (Wildman–Crippen LogP) is 4.25. The first-order valence-electron chi connectivity index (χ1n) is 14.3. The molecule has 2 amide bonds. The minimum atomic E-state index is -0.0680. The Morgan fingerprint density at radius 2 is 1.77 bits per heavy atom. The van der Waals surface area contributed by atoms with Gasteiger partial charge in [0, 0.05) is 43.2 Å². The van der Waals surface area contributed by atoms with Crippen LogP contribution in [0.25, 0.3) is 5.69 Å². The molecule has 2 saturated heterocycles. The lowest BCUT2D eigenvalue weighted by molar-refractivity contribution is -0.133. The van der Waals surface area contributed by atoms with Gasteiger partial charge in [-0.25, -0.2) is 4.68 Å². The van der Waals surface area contributed by atoms with Crippen LogP contribution in [0.15, 0.2) is 54.9 Å². The summed E-state index contributed by atoms with van der Waals surface area (Å²) in [4.78, 5) is 31.7. The van der Waals surface area contributed by atoms with Gasteiger partial charge < -0.3 is 14.7 Å². The maximum Gasteiger partial charge on any atom is 0.230 e. The van der Waals surface area contributed by atoms with Crippen LogP contribution in [0.5, 0.6) is 0 Å². The molecule has 3 aromatic rings. The molecule has 0 spiro atoms. The fourth-order valence-corrected chi connectivity index (χ4v) is 6.21. The maximum absolute atomic E-state index is 13.6. The van der Waals surface area contributed by atoms with Gasteiger partial charge in [-0.1, -0.05) is 35.9 Å². The van der Waals surface area contributed by atoms with E-state index in [1.807, 2.05) is 40.1 Å². The van der Waals surface area contributed by atoms with E-state index in [9.17, 15) is 9.59 Å². The highest BCUT2D eigenvalue weighted by molar-refractivity contribution is 6.30. The van der Waals surface area contributed by atoms with Crippen molar-refractivity contribution in [3.8, 4) is 5.69 Å². The standard InChI is InChI=1S/C30H38ClN7O2/c1-23(39)36-18-12-25(13-19-36)30(40)37(28-8-4-7-27(31)21-28)15-5-14-35-16-10-24(11-17-35)20-26-6-2-3-9-29(26)38-22-32-33-34-38/h2-4,6-9,21-22,24-25H,5,10-20H2,1H3. The first-order valence-corrected chi connectivity index (χ1v) is 14.7. The summed E-state index contributed by atoms with van der Waals surface area (Å²) in [6, 6.07) is 15.9. The van der Waals surface area contributed by atoms with E-state index in [0.717, 1.165) is 56.7 Å². The second-order valence-electron chi connectivity index (χ2n) is 11.0. The molecule has 0 saturated carbocycles. The number of amides is 2. The van der Waals surface area contributed by atoms with Gasteiger partial charge in [0.15, 0.2) is 0 Å². The number of para-hydroxylation sites is 1. The number of halogens is 1. The highest BCUT2D eigenvalue weighted by Gasteiger charge is 2.30. The third-order valence-corrected chi connectivity index (χ3v) is 8.57. The van der Waals surface area contributed by atoms with E-state index in [4.69, 9.17) is 11.6 Å². The van der Waals surface area contributed by atoms with Crippen LogP contribution in [-0.4, -0.2) is 81.1 Å². The number of rotatable bonds is 9. The van der Waals surface area contributed by atoms with Crippen molar-refractivity contribution in [3.63, 3.8) is 0 Å². The second-order valence-corrected chi connectivity index (χ2v) is 11.4. The van der Waals surface area contributed by atoms with E-state index in [0.29, 0.717) is 43.4 Å². The first-order chi connectivity index (χ1) is 19.5. The van der Waals surface area contributed by atoms with Gasteiger partial charge in [0.05, 0.1) is 5.69 Å². The molecule has 40 heavy (non-hydrogen) atoms. The largest absolute Gasteiger partial charge is 0.343 e. The van der Waals surface area contributed by atoms with Crippen molar-refractivity contribution < 1.29 is 9.59 Å². The van der Waals surface area contributed by atoms with Crippen LogP contribution < -0.4 is 4.90 Å². The van der Waals surface area contributed by atoms with Gasteiger partial charge in [0.1, 0.15) is 6.33 Å². The summed E-state index contributed by atoms with van der Waals surface area (Å²) in [6.07, 6.45) is 7.28. The van der Waals surface area contributed by atoms with Crippen LogP contribution in [0.2, 0.25) is 5.02 Å². The Hall–Kier alpha value is -3.30.